The summed E-state index contributed by atoms with van der Waals surface area (Å²) in [5.41, 5.74) is 9.39. The average Bonchev–Trinajstić information content (AvgIpc) is 3.35. The third kappa shape index (κ3) is 3.36. The van der Waals surface area contributed by atoms with Crippen LogP contribution in [-0.2, 0) is 21.9 Å². The molecule has 1 amide bonds. The average molecular weight is 441 g/mol. The first-order valence-electron chi connectivity index (χ1n) is 10.6. The maximum Gasteiger partial charge on any atom is 0.253 e. The molecule has 31 heavy (non-hydrogen) atoms. The molecule has 1 fully saturated rings. The van der Waals surface area contributed by atoms with Gasteiger partial charge in [-0.2, -0.15) is 0 Å². The zero-order valence-corrected chi connectivity index (χ0v) is 18.8. The lowest BCUT2D eigenvalue weighted by Crippen LogP contribution is -2.46. The molecule has 3 aromatic rings. The molecule has 1 spiro atoms. The predicted molar refractivity (Wildman–Crippen MR) is 123 cm³/mol. The van der Waals surface area contributed by atoms with Crippen molar-refractivity contribution in [2.24, 2.45) is 5.73 Å². The maximum atomic E-state index is 13.3. The van der Waals surface area contributed by atoms with Crippen LogP contribution in [0, 0.1) is 0 Å². The number of thiol groups is 1. The summed E-state index contributed by atoms with van der Waals surface area (Å²) in [4.78, 5) is 15.9. The lowest BCUT2D eigenvalue weighted by Gasteiger charge is -2.38. The number of hydrogen-bond acceptors (Lipinski definition) is 5. The second-order valence-electron chi connectivity index (χ2n) is 9.08. The summed E-state index contributed by atoms with van der Waals surface area (Å²) in [7, 11) is -2.50. The summed E-state index contributed by atoms with van der Waals surface area (Å²) in [5, 5.41) is 0.764. The van der Waals surface area contributed by atoms with Crippen molar-refractivity contribution in [3.05, 3.63) is 59.4 Å². The Morgan fingerprint density at radius 3 is 2.65 bits per heavy atom. The number of hydrogen-bond donors (Lipinski definition) is 2. The van der Waals surface area contributed by atoms with E-state index in [2.05, 4.69) is 6.07 Å². The highest BCUT2D eigenvalue weighted by atomic mass is 32.2. The summed E-state index contributed by atoms with van der Waals surface area (Å²) < 4.78 is 24.1. The van der Waals surface area contributed by atoms with Crippen LogP contribution in [0.4, 0.5) is 0 Å². The molecule has 5 rings (SSSR count). The first kappa shape index (κ1) is 20.3. The fourth-order valence-corrected chi connectivity index (χ4v) is 5.90. The molecule has 0 atom stereocenters. The monoisotopic (exact) mass is 440 g/mol. The van der Waals surface area contributed by atoms with Crippen molar-refractivity contribution in [2.45, 2.75) is 29.7 Å². The number of benzene rings is 2. The third-order valence-corrected chi connectivity index (χ3v) is 8.25. The Kier molecular flexibility index (Phi) is 4.71. The number of nitrogens with zero attached hydrogens (tertiary/aromatic N) is 1. The van der Waals surface area contributed by atoms with Gasteiger partial charge in [0.25, 0.3) is 5.91 Å². The predicted octanol–water partition coefficient (Wildman–Crippen LogP) is 3.09. The van der Waals surface area contributed by atoms with Gasteiger partial charge in [-0.1, -0.05) is 22.1 Å². The summed E-state index contributed by atoms with van der Waals surface area (Å²) in [5.74, 6) is 0.944. The van der Waals surface area contributed by atoms with Crippen molar-refractivity contribution >= 4 is 26.8 Å². The smallest absolute Gasteiger partial charge is 0.253 e. The van der Waals surface area contributed by atoms with Gasteiger partial charge in [-0.05, 0) is 55.2 Å². The first-order valence-corrected chi connectivity index (χ1v) is 13.2. The Morgan fingerprint density at radius 2 is 1.94 bits per heavy atom. The van der Waals surface area contributed by atoms with Crippen LogP contribution in [0.1, 0.15) is 34.3 Å². The van der Waals surface area contributed by atoms with E-state index >= 15 is 0 Å². The molecule has 0 radical (unpaired) electrons. The van der Waals surface area contributed by atoms with Crippen LogP contribution in [0.25, 0.3) is 11.0 Å². The summed E-state index contributed by atoms with van der Waals surface area (Å²) in [6.07, 6.45) is 6.70. The second-order valence-corrected chi connectivity index (χ2v) is 12.3. The molecule has 0 aliphatic carbocycles. The minimum atomic E-state index is -2.50. The van der Waals surface area contributed by atoms with Crippen LogP contribution in [0.5, 0.6) is 5.75 Å². The van der Waals surface area contributed by atoms with E-state index in [0.29, 0.717) is 42.3 Å². The highest BCUT2D eigenvalue weighted by Gasteiger charge is 2.44. The zero-order valence-electron chi connectivity index (χ0n) is 17.9. The van der Waals surface area contributed by atoms with Gasteiger partial charge in [0.2, 0.25) is 0 Å². The summed E-state index contributed by atoms with van der Waals surface area (Å²) in [6.45, 7) is 2.51. The molecule has 7 heteroatoms. The first-order chi connectivity index (χ1) is 14.8. The van der Waals surface area contributed by atoms with Crippen LogP contribution in [-0.4, -0.2) is 47.2 Å². The fraction of sp³-hybridized carbons (Fsp3) is 0.375. The third-order valence-electron chi connectivity index (χ3n) is 6.74. The maximum absolute atomic E-state index is 13.3. The molecule has 0 unspecified atom stereocenters. The van der Waals surface area contributed by atoms with Crippen LogP contribution < -0.4 is 10.5 Å². The van der Waals surface area contributed by atoms with E-state index in [-0.39, 0.29) is 11.3 Å². The molecule has 2 aromatic carbocycles. The Hall–Kier alpha value is -2.64. The van der Waals surface area contributed by atoms with E-state index in [1.807, 2.05) is 23.1 Å². The molecule has 0 saturated carbocycles. The number of piperidine rings is 1. The minimum absolute atomic E-state index is 0.000728. The van der Waals surface area contributed by atoms with E-state index in [4.69, 9.17) is 14.9 Å². The quantitative estimate of drug-likeness (QED) is 0.612. The summed E-state index contributed by atoms with van der Waals surface area (Å²) in [6, 6.07) is 11.6. The van der Waals surface area contributed by atoms with Crippen LogP contribution in [0.15, 0.2) is 52.0 Å². The Bertz CT molecular complexity index is 1220. The van der Waals surface area contributed by atoms with Gasteiger partial charge in [0.05, 0.1) is 11.5 Å². The van der Waals surface area contributed by atoms with E-state index in [9.17, 15) is 9.00 Å². The Labute approximate surface area is 182 Å². The van der Waals surface area contributed by atoms with Gasteiger partial charge in [-0.3, -0.25) is 9.00 Å². The lowest BCUT2D eigenvalue weighted by molar-refractivity contribution is 0.0646. The molecule has 1 aromatic heterocycles. The number of likely N-dealkylation sites (tertiary alicyclic amines) is 1. The van der Waals surface area contributed by atoms with Gasteiger partial charge in [-0.15, -0.1) is 0 Å². The van der Waals surface area contributed by atoms with Crippen molar-refractivity contribution < 1.29 is 18.2 Å². The van der Waals surface area contributed by atoms with Gasteiger partial charge in [0.1, 0.15) is 17.6 Å². The Balaban J connectivity index is 1.37. The van der Waals surface area contributed by atoms with Crippen molar-refractivity contribution in [1.29, 1.82) is 0 Å². The van der Waals surface area contributed by atoms with E-state index < -0.39 is 9.93 Å². The van der Waals surface area contributed by atoms with E-state index in [1.54, 1.807) is 30.9 Å². The van der Waals surface area contributed by atoms with E-state index in [0.717, 1.165) is 29.5 Å². The molecular weight excluding hydrogens is 412 g/mol. The molecule has 2 aliphatic heterocycles. The number of nitrogens with two attached hydrogens (primary N) is 1. The molecule has 1 saturated heterocycles. The number of rotatable bonds is 3. The highest BCUT2D eigenvalue weighted by Crippen LogP contribution is 2.46. The molecule has 6 nitrogen and oxygen atoms in total. The normalized spacial score (nSPS) is 18.2. The fourth-order valence-electron chi connectivity index (χ4n) is 4.84. The SMILES string of the molecule is C[SH](C)(=O)c1coc2ccc(C(=O)N3CCC4(CC3)COc3ccc(CN)cc34)cc12. The van der Waals surface area contributed by atoms with Gasteiger partial charge >= 0.3 is 0 Å². The van der Waals surface area contributed by atoms with Crippen LogP contribution >= 0.6 is 0 Å². The number of carbonyl (C=O) groups excluding carboxylic acids is 1. The van der Waals surface area contributed by atoms with E-state index in [1.165, 1.54) is 5.56 Å². The van der Waals surface area contributed by atoms with Gasteiger partial charge in [-0.25, -0.2) is 0 Å². The lowest BCUT2D eigenvalue weighted by atomic mass is 9.74. The molecule has 2 N–H and O–H groups in total. The van der Waals surface area contributed by atoms with Crippen molar-refractivity contribution in [3.8, 4) is 5.75 Å². The minimum Gasteiger partial charge on any atom is -0.492 e. The van der Waals surface area contributed by atoms with Crippen molar-refractivity contribution in [2.75, 3.05) is 32.2 Å². The molecule has 0 bridgehead atoms. The molecule has 164 valence electrons. The number of fused-ring (bicyclic) bond motifs is 3. The molecule has 2 aliphatic rings. The highest BCUT2D eigenvalue weighted by molar-refractivity contribution is 8.02. The topological polar surface area (TPSA) is 85.8 Å². The van der Waals surface area contributed by atoms with Crippen molar-refractivity contribution in [3.63, 3.8) is 0 Å². The van der Waals surface area contributed by atoms with Crippen molar-refractivity contribution in [1.82, 2.24) is 4.90 Å². The summed E-state index contributed by atoms with van der Waals surface area (Å²) >= 11 is 0. The van der Waals surface area contributed by atoms with Gasteiger partial charge < -0.3 is 19.8 Å². The number of amides is 1. The zero-order chi connectivity index (χ0) is 21.8. The van der Waals surface area contributed by atoms with Gasteiger partial charge in [0.15, 0.2) is 0 Å². The number of carbonyl (C=O) groups is 1. The van der Waals surface area contributed by atoms with Crippen LogP contribution in [0.3, 0.4) is 0 Å². The standard InChI is InChI=1S/C24H28N2O4S/c1-31(2,28)22-14-29-20-6-4-17(12-18(20)22)23(27)26-9-7-24(8-10-26)15-30-21-5-3-16(13-25)11-19(21)24/h3-6,11-12,14,31H,7-10,13,15,25H2,1-2H3. The number of furan rings is 1. The molecular formula is C24H28N2O4S. The largest absolute Gasteiger partial charge is 0.492 e. The second kappa shape index (κ2) is 7.21. The Morgan fingerprint density at radius 1 is 1.16 bits per heavy atom. The van der Waals surface area contributed by atoms with Crippen LogP contribution in [0.2, 0.25) is 0 Å². The number of ether oxygens (including phenoxy) is 1. The van der Waals surface area contributed by atoms with Gasteiger partial charge in [0, 0.05) is 41.6 Å². The molecule has 3 heterocycles.